The van der Waals surface area contributed by atoms with Gasteiger partial charge in [-0.3, -0.25) is 9.59 Å². The number of nitrogens with zero attached hydrogens (tertiary/aromatic N) is 1. The highest BCUT2D eigenvalue weighted by atomic mass is 16.4. The van der Waals surface area contributed by atoms with Crippen LogP contribution in [-0.2, 0) is 9.59 Å². The topological polar surface area (TPSA) is 57.6 Å². The number of hydrogen-bond acceptors (Lipinski definition) is 2. The predicted molar refractivity (Wildman–Crippen MR) is 47.2 cm³/mol. The molecule has 1 rings (SSSR count). The van der Waals surface area contributed by atoms with Crippen LogP contribution in [0.1, 0.15) is 20.3 Å². The van der Waals surface area contributed by atoms with Crippen molar-refractivity contribution in [1.82, 2.24) is 4.90 Å². The van der Waals surface area contributed by atoms with E-state index in [1.54, 1.807) is 4.90 Å². The lowest BCUT2D eigenvalue weighted by atomic mass is 10.1. The minimum atomic E-state index is -0.793. The summed E-state index contributed by atoms with van der Waals surface area (Å²) in [6, 6.07) is 0. The van der Waals surface area contributed by atoms with Crippen molar-refractivity contribution in [2.24, 2.45) is 11.8 Å². The van der Waals surface area contributed by atoms with Gasteiger partial charge in [-0.1, -0.05) is 13.8 Å². The minimum Gasteiger partial charge on any atom is -0.481 e. The zero-order valence-electron chi connectivity index (χ0n) is 7.99. The van der Waals surface area contributed by atoms with Crippen LogP contribution in [0.3, 0.4) is 0 Å². The van der Waals surface area contributed by atoms with Crippen LogP contribution in [0.5, 0.6) is 0 Å². The molecule has 0 bridgehead atoms. The van der Waals surface area contributed by atoms with E-state index in [4.69, 9.17) is 5.11 Å². The number of rotatable bonds is 2. The summed E-state index contributed by atoms with van der Waals surface area (Å²) in [5.74, 6) is -1.13. The highest BCUT2D eigenvalue weighted by Gasteiger charge is 2.31. The molecule has 74 valence electrons. The summed E-state index contributed by atoms with van der Waals surface area (Å²) in [7, 11) is 0. The normalized spacial score (nSPS) is 22.4. The SMILES string of the molecule is CC(C)C(=O)N1CC[C@@H](C(=O)O)C1. The van der Waals surface area contributed by atoms with Crippen molar-refractivity contribution in [2.45, 2.75) is 20.3 Å². The minimum absolute atomic E-state index is 0.0347. The average molecular weight is 185 g/mol. The monoisotopic (exact) mass is 185 g/mol. The van der Waals surface area contributed by atoms with E-state index in [0.717, 1.165) is 0 Å². The third kappa shape index (κ3) is 2.20. The summed E-state index contributed by atoms with van der Waals surface area (Å²) in [4.78, 5) is 23.7. The van der Waals surface area contributed by atoms with Crippen LogP contribution >= 0.6 is 0 Å². The van der Waals surface area contributed by atoms with E-state index >= 15 is 0 Å². The van der Waals surface area contributed by atoms with Crippen LogP contribution < -0.4 is 0 Å². The molecule has 1 aliphatic rings. The summed E-state index contributed by atoms with van der Waals surface area (Å²) in [5, 5.41) is 8.71. The highest BCUT2D eigenvalue weighted by Crippen LogP contribution is 2.18. The van der Waals surface area contributed by atoms with E-state index in [2.05, 4.69) is 0 Å². The van der Waals surface area contributed by atoms with Crippen molar-refractivity contribution >= 4 is 11.9 Å². The van der Waals surface area contributed by atoms with Gasteiger partial charge < -0.3 is 10.0 Å². The van der Waals surface area contributed by atoms with Crippen LogP contribution in [0.4, 0.5) is 0 Å². The summed E-state index contributed by atoms with van der Waals surface area (Å²) in [5.41, 5.74) is 0. The maximum Gasteiger partial charge on any atom is 0.308 e. The first-order valence-electron chi connectivity index (χ1n) is 4.54. The number of amides is 1. The lowest BCUT2D eigenvalue weighted by molar-refractivity contribution is -0.141. The zero-order chi connectivity index (χ0) is 10.0. The van der Waals surface area contributed by atoms with Gasteiger partial charge in [0.1, 0.15) is 0 Å². The number of carbonyl (C=O) groups excluding carboxylic acids is 1. The van der Waals surface area contributed by atoms with Gasteiger partial charge in [-0.05, 0) is 6.42 Å². The Morgan fingerprint density at radius 3 is 2.46 bits per heavy atom. The van der Waals surface area contributed by atoms with Crippen LogP contribution in [0.2, 0.25) is 0 Å². The lowest BCUT2D eigenvalue weighted by Crippen LogP contribution is -2.33. The predicted octanol–water partition coefficient (Wildman–Crippen LogP) is 0.575. The second kappa shape index (κ2) is 3.77. The van der Waals surface area contributed by atoms with Gasteiger partial charge in [0, 0.05) is 19.0 Å². The summed E-state index contributed by atoms with van der Waals surface area (Å²) < 4.78 is 0. The zero-order valence-corrected chi connectivity index (χ0v) is 7.99. The summed E-state index contributed by atoms with van der Waals surface area (Å²) in [6.07, 6.45) is 0.591. The van der Waals surface area contributed by atoms with Crippen LogP contribution in [0.15, 0.2) is 0 Å². The quantitative estimate of drug-likeness (QED) is 0.684. The number of likely N-dealkylation sites (tertiary alicyclic amines) is 1. The van der Waals surface area contributed by atoms with E-state index in [9.17, 15) is 9.59 Å². The average Bonchev–Trinajstić information content (AvgIpc) is 2.50. The van der Waals surface area contributed by atoms with Gasteiger partial charge in [0.2, 0.25) is 5.91 Å². The van der Waals surface area contributed by atoms with Crippen molar-refractivity contribution in [1.29, 1.82) is 0 Å². The van der Waals surface area contributed by atoms with Gasteiger partial charge in [-0.15, -0.1) is 0 Å². The molecule has 4 nitrogen and oxygen atoms in total. The molecule has 0 saturated carbocycles. The first kappa shape index (κ1) is 10.0. The van der Waals surface area contributed by atoms with Crippen LogP contribution in [-0.4, -0.2) is 35.0 Å². The first-order valence-corrected chi connectivity index (χ1v) is 4.54. The van der Waals surface area contributed by atoms with Crippen molar-refractivity contribution in [3.8, 4) is 0 Å². The Balaban J connectivity index is 2.50. The Morgan fingerprint density at radius 1 is 1.46 bits per heavy atom. The van der Waals surface area contributed by atoms with Gasteiger partial charge in [0.15, 0.2) is 0 Å². The first-order chi connectivity index (χ1) is 6.02. The van der Waals surface area contributed by atoms with E-state index in [-0.39, 0.29) is 17.7 Å². The summed E-state index contributed by atoms with van der Waals surface area (Å²) in [6.45, 7) is 4.63. The molecule has 1 atom stereocenters. The second-order valence-corrected chi connectivity index (χ2v) is 3.76. The van der Waals surface area contributed by atoms with Crippen LogP contribution in [0, 0.1) is 11.8 Å². The summed E-state index contributed by atoms with van der Waals surface area (Å²) >= 11 is 0. The molecule has 1 N–H and O–H groups in total. The molecule has 1 heterocycles. The Kier molecular flexibility index (Phi) is 2.90. The molecule has 0 spiro atoms. The Labute approximate surface area is 77.5 Å². The van der Waals surface area contributed by atoms with Crippen molar-refractivity contribution in [2.75, 3.05) is 13.1 Å². The second-order valence-electron chi connectivity index (χ2n) is 3.76. The smallest absolute Gasteiger partial charge is 0.308 e. The van der Waals surface area contributed by atoms with Gasteiger partial charge in [-0.2, -0.15) is 0 Å². The molecule has 0 radical (unpaired) electrons. The number of aliphatic carboxylic acids is 1. The molecule has 0 aromatic rings. The standard InChI is InChI=1S/C9H15NO3/c1-6(2)8(11)10-4-3-7(5-10)9(12)13/h6-7H,3-5H2,1-2H3,(H,12,13)/t7-/m1/s1. The van der Waals surface area contributed by atoms with E-state index in [1.165, 1.54) is 0 Å². The fourth-order valence-corrected chi connectivity index (χ4v) is 1.53. The Bertz CT molecular complexity index is 225. The molecule has 1 aliphatic heterocycles. The van der Waals surface area contributed by atoms with Crippen molar-refractivity contribution in [3.05, 3.63) is 0 Å². The maximum atomic E-state index is 11.4. The van der Waals surface area contributed by atoms with Crippen molar-refractivity contribution in [3.63, 3.8) is 0 Å². The van der Waals surface area contributed by atoms with Gasteiger partial charge in [0.05, 0.1) is 5.92 Å². The van der Waals surface area contributed by atoms with Gasteiger partial charge >= 0.3 is 5.97 Å². The van der Waals surface area contributed by atoms with E-state index in [1.807, 2.05) is 13.8 Å². The fraction of sp³-hybridized carbons (Fsp3) is 0.778. The number of carboxylic acid groups (broad SMARTS) is 1. The Hall–Kier alpha value is -1.06. The van der Waals surface area contributed by atoms with Crippen LogP contribution in [0.25, 0.3) is 0 Å². The largest absolute Gasteiger partial charge is 0.481 e. The molecular formula is C9H15NO3. The molecule has 0 aromatic carbocycles. The molecule has 0 aliphatic carbocycles. The van der Waals surface area contributed by atoms with Gasteiger partial charge in [0.25, 0.3) is 0 Å². The molecule has 1 amide bonds. The lowest BCUT2D eigenvalue weighted by Gasteiger charge is -2.17. The third-order valence-corrected chi connectivity index (χ3v) is 2.34. The molecule has 1 saturated heterocycles. The molecule has 0 aromatic heterocycles. The number of carboxylic acids is 1. The highest BCUT2D eigenvalue weighted by molar-refractivity contribution is 5.80. The number of carbonyl (C=O) groups is 2. The molecular weight excluding hydrogens is 170 g/mol. The van der Waals surface area contributed by atoms with Crippen molar-refractivity contribution < 1.29 is 14.7 Å². The fourth-order valence-electron chi connectivity index (χ4n) is 1.53. The third-order valence-electron chi connectivity index (χ3n) is 2.34. The Morgan fingerprint density at radius 2 is 2.08 bits per heavy atom. The molecule has 1 fully saturated rings. The maximum absolute atomic E-state index is 11.4. The molecule has 0 unspecified atom stereocenters. The molecule has 4 heteroatoms. The molecule has 13 heavy (non-hydrogen) atoms. The van der Waals surface area contributed by atoms with E-state index in [0.29, 0.717) is 19.5 Å². The van der Waals surface area contributed by atoms with E-state index < -0.39 is 5.97 Å². The van der Waals surface area contributed by atoms with Gasteiger partial charge in [-0.25, -0.2) is 0 Å². The number of hydrogen-bond donors (Lipinski definition) is 1.